The molecule has 0 aromatic heterocycles. The van der Waals surface area contributed by atoms with Gasteiger partial charge >= 0.3 is 7.82 Å². The summed E-state index contributed by atoms with van der Waals surface area (Å²) in [7, 11) is -3.98. The maximum Gasteiger partial charge on any atom is 0.473 e. The monoisotopic (exact) mass is 218 g/mol. The van der Waals surface area contributed by atoms with E-state index >= 15 is 0 Å². The highest BCUT2D eigenvalue weighted by Gasteiger charge is 2.23. The second kappa shape index (κ2) is 6.80. The van der Waals surface area contributed by atoms with Crippen LogP contribution in [0.3, 0.4) is 0 Å². The predicted octanol–water partition coefficient (Wildman–Crippen LogP) is 2.11. The van der Waals surface area contributed by atoms with Crippen LogP contribution in [-0.2, 0) is 13.6 Å². The molecular weight excluding hydrogens is 203 g/mol. The molecule has 0 radical (unpaired) electrons. The number of terminal acetylenes is 1. The van der Waals surface area contributed by atoms with Crippen molar-refractivity contribution in [3.8, 4) is 12.3 Å². The van der Waals surface area contributed by atoms with Gasteiger partial charge in [-0.1, -0.05) is 18.1 Å². The largest absolute Gasteiger partial charge is 0.473 e. The Kier molecular flexibility index (Phi) is 6.52. The van der Waals surface area contributed by atoms with E-state index in [2.05, 4.69) is 10.4 Å². The van der Waals surface area contributed by atoms with E-state index in [0.29, 0.717) is 6.42 Å². The summed E-state index contributed by atoms with van der Waals surface area (Å²) < 4.78 is 20.4. The van der Waals surface area contributed by atoms with E-state index in [1.165, 1.54) is 0 Å². The highest BCUT2D eigenvalue weighted by atomic mass is 31.2. The molecule has 0 saturated heterocycles. The Morgan fingerprint density at radius 3 is 2.86 bits per heavy atom. The van der Waals surface area contributed by atoms with E-state index in [9.17, 15) is 4.57 Å². The van der Waals surface area contributed by atoms with Crippen molar-refractivity contribution in [1.82, 2.24) is 0 Å². The third-order valence-electron chi connectivity index (χ3n) is 1.33. The van der Waals surface area contributed by atoms with Crippen molar-refractivity contribution < 1.29 is 18.5 Å². The highest BCUT2D eigenvalue weighted by Crippen LogP contribution is 2.44. The summed E-state index contributed by atoms with van der Waals surface area (Å²) in [6.07, 6.45) is 8.73. The van der Waals surface area contributed by atoms with Crippen LogP contribution in [0.1, 0.15) is 20.3 Å². The standard InChI is InChI=1S/C9H15O4P/c1-4-6-7-9(3)13-14(10,11)12-8-5-2/h2,4,6,9H,7-8H2,1,3H3,(H,10,11). The molecule has 0 fully saturated rings. The molecule has 2 unspecified atom stereocenters. The van der Waals surface area contributed by atoms with E-state index in [1.807, 2.05) is 19.1 Å². The zero-order valence-corrected chi connectivity index (χ0v) is 9.24. The fourth-order valence-corrected chi connectivity index (χ4v) is 1.59. The van der Waals surface area contributed by atoms with Crippen LogP contribution in [0.2, 0.25) is 0 Å². The second-order valence-corrected chi connectivity index (χ2v) is 4.07. The summed E-state index contributed by atoms with van der Waals surface area (Å²) in [5.41, 5.74) is 0. The predicted molar refractivity (Wildman–Crippen MR) is 54.6 cm³/mol. The van der Waals surface area contributed by atoms with Gasteiger partial charge in [0.05, 0.1) is 6.10 Å². The minimum Gasteiger partial charge on any atom is -0.302 e. The zero-order chi connectivity index (χ0) is 11.0. The summed E-state index contributed by atoms with van der Waals surface area (Å²) in [6.45, 7) is 3.31. The third-order valence-corrected chi connectivity index (χ3v) is 2.41. The van der Waals surface area contributed by atoms with Crippen LogP contribution in [0.5, 0.6) is 0 Å². The molecule has 0 amide bonds. The molecule has 0 aromatic carbocycles. The number of hydrogen-bond acceptors (Lipinski definition) is 3. The molecule has 0 bridgehead atoms. The van der Waals surface area contributed by atoms with Crippen LogP contribution < -0.4 is 0 Å². The van der Waals surface area contributed by atoms with Gasteiger partial charge < -0.3 is 4.89 Å². The van der Waals surface area contributed by atoms with Crippen LogP contribution in [0, 0.1) is 12.3 Å². The first-order chi connectivity index (χ1) is 6.52. The van der Waals surface area contributed by atoms with E-state index in [0.717, 1.165) is 0 Å². The van der Waals surface area contributed by atoms with Crippen LogP contribution in [0.25, 0.3) is 0 Å². The van der Waals surface area contributed by atoms with Gasteiger partial charge in [0.1, 0.15) is 6.61 Å². The van der Waals surface area contributed by atoms with Crippen molar-refractivity contribution in [3.05, 3.63) is 12.2 Å². The van der Waals surface area contributed by atoms with Gasteiger partial charge in [-0.2, -0.15) is 0 Å². The first-order valence-corrected chi connectivity index (χ1v) is 5.71. The summed E-state index contributed by atoms with van der Waals surface area (Å²) in [5.74, 6) is 2.09. The Balaban J connectivity index is 3.96. The number of allylic oxidation sites excluding steroid dienone is 1. The Morgan fingerprint density at radius 2 is 2.36 bits per heavy atom. The summed E-state index contributed by atoms with van der Waals surface area (Å²) in [4.78, 5) is 9.11. The molecule has 80 valence electrons. The number of hydrogen-bond donors (Lipinski definition) is 1. The Labute approximate surface area is 84.5 Å². The molecule has 1 N–H and O–H groups in total. The third kappa shape index (κ3) is 6.88. The van der Waals surface area contributed by atoms with E-state index in [4.69, 9.17) is 15.8 Å². The lowest BCUT2D eigenvalue weighted by Gasteiger charge is -2.14. The summed E-state index contributed by atoms with van der Waals surface area (Å²) in [6, 6.07) is 0. The van der Waals surface area contributed by atoms with Crippen LogP contribution >= 0.6 is 7.82 Å². The molecule has 0 spiro atoms. The number of phosphoric acid groups is 1. The lowest BCUT2D eigenvalue weighted by Crippen LogP contribution is -2.06. The lowest BCUT2D eigenvalue weighted by molar-refractivity contribution is 0.123. The minimum absolute atomic E-state index is 0.232. The molecule has 0 aliphatic heterocycles. The van der Waals surface area contributed by atoms with Gasteiger partial charge in [0.25, 0.3) is 0 Å². The maximum atomic E-state index is 11.1. The number of rotatable bonds is 6. The topological polar surface area (TPSA) is 55.8 Å². The normalized spacial score (nSPS) is 17.6. The van der Waals surface area contributed by atoms with Crippen LogP contribution in [0.15, 0.2) is 12.2 Å². The molecular formula is C9H15O4P. The molecule has 5 heteroatoms. The Bertz CT molecular complexity index is 266. The summed E-state index contributed by atoms with van der Waals surface area (Å²) in [5, 5.41) is 0. The van der Waals surface area contributed by atoms with Crippen molar-refractivity contribution in [2.45, 2.75) is 26.4 Å². The quantitative estimate of drug-likeness (QED) is 0.421. The second-order valence-electron chi connectivity index (χ2n) is 2.67. The number of phosphoric ester groups is 1. The van der Waals surface area contributed by atoms with Crippen molar-refractivity contribution in [2.24, 2.45) is 0 Å². The van der Waals surface area contributed by atoms with Crippen LogP contribution in [0.4, 0.5) is 0 Å². The van der Waals surface area contributed by atoms with Gasteiger partial charge in [0.2, 0.25) is 0 Å². The van der Waals surface area contributed by atoms with Crippen molar-refractivity contribution >= 4 is 7.82 Å². The van der Waals surface area contributed by atoms with Gasteiger partial charge in [-0.3, -0.25) is 9.05 Å². The van der Waals surface area contributed by atoms with E-state index in [1.54, 1.807) is 6.92 Å². The fourth-order valence-electron chi connectivity index (χ4n) is 0.747. The van der Waals surface area contributed by atoms with Crippen molar-refractivity contribution in [1.29, 1.82) is 0 Å². The highest BCUT2D eigenvalue weighted by molar-refractivity contribution is 7.47. The van der Waals surface area contributed by atoms with Crippen molar-refractivity contribution in [2.75, 3.05) is 6.61 Å². The van der Waals surface area contributed by atoms with Gasteiger partial charge in [0, 0.05) is 0 Å². The first kappa shape index (κ1) is 13.4. The fraction of sp³-hybridized carbons (Fsp3) is 0.556. The molecule has 2 atom stereocenters. The molecule has 0 heterocycles. The first-order valence-electron chi connectivity index (χ1n) is 4.22. The SMILES string of the molecule is C#CCOP(=O)(O)OC(C)CC=CC. The zero-order valence-electron chi connectivity index (χ0n) is 8.34. The van der Waals surface area contributed by atoms with Gasteiger partial charge in [-0.05, 0) is 20.3 Å². The Morgan fingerprint density at radius 1 is 1.71 bits per heavy atom. The average Bonchev–Trinajstić information content (AvgIpc) is 2.11. The molecule has 0 aliphatic carbocycles. The molecule has 4 nitrogen and oxygen atoms in total. The average molecular weight is 218 g/mol. The lowest BCUT2D eigenvalue weighted by atomic mass is 10.3. The minimum atomic E-state index is -3.98. The van der Waals surface area contributed by atoms with Gasteiger partial charge in [0.15, 0.2) is 0 Å². The molecule has 0 rings (SSSR count). The smallest absolute Gasteiger partial charge is 0.302 e. The van der Waals surface area contributed by atoms with E-state index < -0.39 is 7.82 Å². The maximum absolute atomic E-state index is 11.1. The molecule has 0 aliphatic rings. The van der Waals surface area contributed by atoms with Crippen LogP contribution in [-0.4, -0.2) is 17.6 Å². The molecule has 14 heavy (non-hydrogen) atoms. The van der Waals surface area contributed by atoms with E-state index in [-0.39, 0.29) is 12.7 Å². The van der Waals surface area contributed by atoms with Crippen molar-refractivity contribution in [3.63, 3.8) is 0 Å². The van der Waals surface area contributed by atoms with Gasteiger partial charge in [-0.25, -0.2) is 4.57 Å². The van der Waals surface area contributed by atoms with Gasteiger partial charge in [-0.15, -0.1) is 6.42 Å². The molecule has 0 saturated carbocycles. The molecule has 0 aromatic rings. The Hall–Kier alpha value is -0.590. The summed E-state index contributed by atoms with van der Waals surface area (Å²) >= 11 is 0.